The molecule has 0 spiro atoms. The molecule has 0 aliphatic carbocycles. The number of aromatic nitrogens is 1. The van der Waals surface area contributed by atoms with Gasteiger partial charge in [-0.15, -0.1) is 0 Å². The Morgan fingerprint density at radius 3 is 2.20 bits per heavy atom. The van der Waals surface area contributed by atoms with Crippen LogP contribution in [0.5, 0.6) is 5.75 Å². The van der Waals surface area contributed by atoms with Crippen molar-refractivity contribution in [1.29, 1.82) is 0 Å². The van der Waals surface area contributed by atoms with Crippen molar-refractivity contribution < 1.29 is 22.7 Å². The standard InChI is InChI=1S/C19H12F3NO2/c20-19(21,22)14-10-8-13(9-11-14)18(24)25-17-7-2-1-5-15(17)16-6-3-4-12-23-16/h1-12H. The smallest absolute Gasteiger partial charge is 0.416 e. The fourth-order valence-electron chi connectivity index (χ4n) is 2.24. The van der Waals surface area contributed by atoms with Crippen LogP contribution < -0.4 is 4.74 Å². The molecule has 0 fully saturated rings. The molecular weight excluding hydrogens is 331 g/mol. The average Bonchev–Trinajstić information content (AvgIpc) is 2.62. The first-order valence-electron chi connectivity index (χ1n) is 7.35. The SMILES string of the molecule is O=C(Oc1ccccc1-c1ccccn1)c1ccc(C(F)(F)F)cc1. The van der Waals surface area contributed by atoms with E-state index in [1.807, 2.05) is 0 Å². The Morgan fingerprint density at radius 1 is 0.880 bits per heavy atom. The quantitative estimate of drug-likeness (QED) is 0.497. The van der Waals surface area contributed by atoms with Crippen molar-refractivity contribution in [2.45, 2.75) is 6.18 Å². The lowest BCUT2D eigenvalue weighted by molar-refractivity contribution is -0.137. The molecule has 0 aliphatic heterocycles. The third-order valence-corrected chi connectivity index (χ3v) is 3.48. The molecule has 0 unspecified atom stereocenters. The van der Waals surface area contributed by atoms with Crippen LogP contribution in [0.2, 0.25) is 0 Å². The van der Waals surface area contributed by atoms with E-state index in [1.54, 1.807) is 48.7 Å². The Labute approximate surface area is 141 Å². The topological polar surface area (TPSA) is 39.2 Å². The van der Waals surface area contributed by atoms with Crippen LogP contribution in [-0.2, 0) is 6.18 Å². The first-order chi connectivity index (χ1) is 11.9. The summed E-state index contributed by atoms with van der Waals surface area (Å²) in [5.41, 5.74) is 0.448. The minimum atomic E-state index is -4.45. The molecule has 3 nitrogen and oxygen atoms in total. The highest BCUT2D eigenvalue weighted by atomic mass is 19.4. The molecule has 0 amide bonds. The highest BCUT2D eigenvalue weighted by molar-refractivity contribution is 5.92. The molecule has 1 aromatic heterocycles. The van der Waals surface area contributed by atoms with Crippen LogP contribution in [-0.4, -0.2) is 11.0 Å². The summed E-state index contributed by atoms with van der Waals surface area (Å²) in [5, 5.41) is 0. The summed E-state index contributed by atoms with van der Waals surface area (Å²) in [6.45, 7) is 0. The van der Waals surface area contributed by atoms with E-state index in [1.165, 1.54) is 0 Å². The summed E-state index contributed by atoms with van der Waals surface area (Å²) in [4.78, 5) is 16.4. The Morgan fingerprint density at radius 2 is 1.56 bits per heavy atom. The number of hydrogen-bond acceptors (Lipinski definition) is 3. The van der Waals surface area contributed by atoms with Crippen molar-refractivity contribution in [3.05, 3.63) is 84.1 Å². The van der Waals surface area contributed by atoms with Crippen molar-refractivity contribution in [1.82, 2.24) is 4.98 Å². The minimum absolute atomic E-state index is 0.0313. The lowest BCUT2D eigenvalue weighted by atomic mass is 10.1. The van der Waals surface area contributed by atoms with Gasteiger partial charge in [-0.25, -0.2) is 4.79 Å². The maximum Gasteiger partial charge on any atom is 0.416 e. The zero-order valence-corrected chi connectivity index (χ0v) is 12.8. The number of alkyl halides is 3. The summed E-state index contributed by atoms with van der Waals surface area (Å²) >= 11 is 0. The summed E-state index contributed by atoms with van der Waals surface area (Å²) in [6, 6.07) is 16.0. The fourth-order valence-corrected chi connectivity index (χ4v) is 2.24. The Hall–Kier alpha value is -3.15. The second-order valence-electron chi connectivity index (χ2n) is 5.18. The van der Waals surface area contributed by atoms with Gasteiger partial charge in [-0.3, -0.25) is 4.98 Å². The molecule has 3 rings (SSSR count). The number of carbonyl (C=O) groups excluding carboxylic acids is 1. The van der Waals surface area contributed by atoms with Crippen LogP contribution in [0.4, 0.5) is 13.2 Å². The molecule has 0 aliphatic rings. The van der Waals surface area contributed by atoms with Gasteiger partial charge in [-0.05, 0) is 48.5 Å². The molecule has 6 heteroatoms. The Balaban J connectivity index is 1.85. The molecule has 1 heterocycles. The predicted molar refractivity (Wildman–Crippen MR) is 86.1 cm³/mol. The summed E-state index contributed by atoms with van der Waals surface area (Å²) in [7, 11) is 0. The number of rotatable bonds is 3. The van der Waals surface area contributed by atoms with Crippen molar-refractivity contribution in [2.24, 2.45) is 0 Å². The van der Waals surface area contributed by atoms with Gasteiger partial charge in [0.1, 0.15) is 5.75 Å². The van der Waals surface area contributed by atoms with E-state index < -0.39 is 17.7 Å². The number of pyridine rings is 1. The van der Waals surface area contributed by atoms with Crippen LogP contribution in [0, 0.1) is 0 Å². The Bertz CT molecular complexity index is 875. The normalized spacial score (nSPS) is 11.2. The number of halogens is 3. The van der Waals surface area contributed by atoms with Gasteiger partial charge in [0.25, 0.3) is 0 Å². The summed E-state index contributed by atoms with van der Waals surface area (Å²) < 4.78 is 43.1. The van der Waals surface area contributed by atoms with Crippen LogP contribution >= 0.6 is 0 Å². The Kier molecular flexibility index (Phi) is 4.52. The molecule has 126 valence electrons. The third kappa shape index (κ3) is 3.85. The number of hydrogen-bond donors (Lipinski definition) is 0. The number of benzene rings is 2. The third-order valence-electron chi connectivity index (χ3n) is 3.48. The lowest BCUT2D eigenvalue weighted by Crippen LogP contribution is -2.11. The van der Waals surface area contributed by atoms with E-state index in [9.17, 15) is 18.0 Å². The van der Waals surface area contributed by atoms with E-state index in [0.717, 1.165) is 24.3 Å². The maximum absolute atomic E-state index is 12.6. The average molecular weight is 343 g/mol. The molecule has 0 saturated carbocycles. The first-order valence-corrected chi connectivity index (χ1v) is 7.35. The fraction of sp³-hybridized carbons (Fsp3) is 0.0526. The second kappa shape index (κ2) is 6.76. The van der Waals surface area contributed by atoms with Crippen molar-refractivity contribution in [2.75, 3.05) is 0 Å². The van der Waals surface area contributed by atoms with Crippen molar-refractivity contribution in [3.8, 4) is 17.0 Å². The van der Waals surface area contributed by atoms with Crippen LogP contribution in [0.15, 0.2) is 72.9 Å². The molecular formula is C19H12F3NO2. The number of nitrogens with zero attached hydrogens (tertiary/aromatic N) is 1. The van der Waals surface area contributed by atoms with Gasteiger partial charge in [-0.2, -0.15) is 13.2 Å². The van der Waals surface area contributed by atoms with Gasteiger partial charge in [0.15, 0.2) is 0 Å². The highest BCUT2D eigenvalue weighted by Gasteiger charge is 2.30. The number of para-hydroxylation sites is 1. The molecule has 0 radical (unpaired) electrons. The molecule has 2 aromatic carbocycles. The number of esters is 1. The van der Waals surface area contributed by atoms with E-state index in [2.05, 4.69) is 4.98 Å². The van der Waals surface area contributed by atoms with Gasteiger partial charge < -0.3 is 4.74 Å². The van der Waals surface area contributed by atoms with Gasteiger partial charge >= 0.3 is 12.1 Å². The zero-order chi connectivity index (χ0) is 17.9. The molecule has 0 saturated heterocycles. The van der Waals surface area contributed by atoms with Gasteiger partial charge in [0.05, 0.1) is 16.8 Å². The van der Waals surface area contributed by atoms with Gasteiger partial charge in [0.2, 0.25) is 0 Å². The van der Waals surface area contributed by atoms with E-state index in [4.69, 9.17) is 4.74 Å². The highest BCUT2D eigenvalue weighted by Crippen LogP contribution is 2.30. The number of carbonyl (C=O) groups is 1. The minimum Gasteiger partial charge on any atom is -0.422 e. The van der Waals surface area contributed by atoms with Crippen molar-refractivity contribution in [3.63, 3.8) is 0 Å². The monoisotopic (exact) mass is 343 g/mol. The van der Waals surface area contributed by atoms with Gasteiger partial charge in [-0.1, -0.05) is 18.2 Å². The first kappa shape index (κ1) is 16.7. The molecule has 0 N–H and O–H groups in total. The maximum atomic E-state index is 12.6. The van der Waals surface area contributed by atoms with Gasteiger partial charge in [0, 0.05) is 11.8 Å². The summed E-state index contributed by atoms with van der Waals surface area (Å²) in [5.74, 6) is -0.455. The van der Waals surface area contributed by atoms with Crippen molar-refractivity contribution >= 4 is 5.97 Å². The van der Waals surface area contributed by atoms with Crippen LogP contribution in [0.1, 0.15) is 15.9 Å². The molecule has 3 aromatic rings. The van der Waals surface area contributed by atoms with E-state index >= 15 is 0 Å². The predicted octanol–water partition coefficient (Wildman–Crippen LogP) is 4.99. The molecule has 0 bridgehead atoms. The van der Waals surface area contributed by atoms with E-state index in [0.29, 0.717) is 11.3 Å². The van der Waals surface area contributed by atoms with Crippen LogP contribution in [0.3, 0.4) is 0 Å². The zero-order valence-electron chi connectivity index (χ0n) is 12.8. The lowest BCUT2D eigenvalue weighted by Gasteiger charge is -2.10. The largest absolute Gasteiger partial charge is 0.422 e. The second-order valence-corrected chi connectivity index (χ2v) is 5.18. The molecule has 0 atom stereocenters. The molecule has 25 heavy (non-hydrogen) atoms. The van der Waals surface area contributed by atoms with E-state index in [-0.39, 0.29) is 11.3 Å². The summed E-state index contributed by atoms with van der Waals surface area (Å²) in [6.07, 6.45) is -2.84. The van der Waals surface area contributed by atoms with Crippen LogP contribution in [0.25, 0.3) is 11.3 Å². The number of ether oxygens (including phenoxy) is 1.